The van der Waals surface area contributed by atoms with Gasteiger partial charge in [0, 0.05) is 12.0 Å². The van der Waals surface area contributed by atoms with Crippen molar-refractivity contribution in [2.24, 2.45) is 0 Å². The first kappa shape index (κ1) is 20.5. The molecule has 0 aromatic heterocycles. The Morgan fingerprint density at radius 1 is 1.18 bits per heavy atom. The Morgan fingerprint density at radius 3 is 2.54 bits per heavy atom. The van der Waals surface area contributed by atoms with Crippen LogP contribution < -0.4 is 14.8 Å². The Kier molecular flexibility index (Phi) is 6.50. The van der Waals surface area contributed by atoms with Crippen LogP contribution in [0.1, 0.15) is 58.1 Å². The van der Waals surface area contributed by atoms with E-state index in [1.165, 1.54) is 0 Å². The highest BCUT2D eigenvalue weighted by Crippen LogP contribution is 2.42. The summed E-state index contributed by atoms with van der Waals surface area (Å²) in [5.74, 6) is 1.24. The van der Waals surface area contributed by atoms with Gasteiger partial charge in [-0.2, -0.15) is 0 Å². The van der Waals surface area contributed by atoms with E-state index in [1.807, 2.05) is 43.3 Å². The van der Waals surface area contributed by atoms with Gasteiger partial charge in [0.05, 0.1) is 11.1 Å². The third-order valence-electron chi connectivity index (χ3n) is 5.57. The molecular formula is C23H28ClNO3. The number of nitrogens with one attached hydrogen (secondary N) is 1. The molecule has 2 aromatic carbocycles. The summed E-state index contributed by atoms with van der Waals surface area (Å²) in [6.07, 6.45) is 2.46. The van der Waals surface area contributed by atoms with Crippen LogP contribution in [-0.2, 0) is 4.79 Å². The summed E-state index contributed by atoms with van der Waals surface area (Å²) in [5, 5.41) is 3.70. The van der Waals surface area contributed by atoms with Gasteiger partial charge in [-0.25, -0.2) is 0 Å². The van der Waals surface area contributed by atoms with Crippen LogP contribution in [0.25, 0.3) is 0 Å². The molecule has 0 spiro atoms. The predicted octanol–water partition coefficient (Wildman–Crippen LogP) is 5.70. The molecule has 0 unspecified atom stereocenters. The Bertz CT molecular complexity index is 819. The summed E-state index contributed by atoms with van der Waals surface area (Å²) < 4.78 is 12.2. The number of rotatable bonds is 7. The zero-order chi connectivity index (χ0) is 20.1. The number of fused-ring (bicyclic) bond motifs is 1. The highest BCUT2D eigenvalue weighted by molar-refractivity contribution is 6.32. The van der Waals surface area contributed by atoms with Crippen molar-refractivity contribution in [3.8, 4) is 11.5 Å². The topological polar surface area (TPSA) is 47.6 Å². The molecule has 1 N–H and O–H groups in total. The lowest BCUT2D eigenvalue weighted by Gasteiger charge is -2.42. The minimum Gasteiger partial charge on any atom is -0.487 e. The summed E-state index contributed by atoms with van der Waals surface area (Å²) in [6, 6.07) is 15.0. The maximum Gasteiger partial charge on any atom is 0.261 e. The molecule has 0 saturated heterocycles. The quantitative estimate of drug-likeness (QED) is 0.647. The fourth-order valence-electron chi connectivity index (χ4n) is 3.71. The lowest BCUT2D eigenvalue weighted by atomic mass is 9.83. The Balaban J connectivity index is 1.80. The predicted molar refractivity (Wildman–Crippen MR) is 112 cm³/mol. The van der Waals surface area contributed by atoms with E-state index in [0.29, 0.717) is 17.2 Å². The van der Waals surface area contributed by atoms with Crippen molar-refractivity contribution in [3.05, 3.63) is 59.1 Å². The molecule has 0 aliphatic carbocycles. The first-order chi connectivity index (χ1) is 13.5. The number of ether oxygens (including phenoxy) is 2. The number of halogens is 1. The van der Waals surface area contributed by atoms with E-state index < -0.39 is 6.10 Å². The molecule has 5 heteroatoms. The first-order valence-corrected chi connectivity index (χ1v) is 10.4. The highest BCUT2D eigenvalue weighted by Gasteiger charge is 2.39. The van der Waals surface area contributed by atoms with E-state index >= 15 is 0 Å². The summed E-state index contributed by atoms with van der Waals surface area (Å²) in [7, 11) is 0. The van der Waals surface area contributed by atoms with Gasteiger partial charge in [0.15, 0.2) is 6.10 Å². The number of carbonyl (C=O) groups is 1. The van der Waals surface area contributed by atoms with E-state index in [1.54, 1.807) is 12.1 Å². The molecule has 1 aliphatic rings. The van der Waals surface area contributed by atoms with Crippen LogP contribution in [0.2, 0.25) is 5.02 Å². The molecule has 1 amide bonds. The van der Waals surface area contributed by atoms with Crippen LogP contribution in [0.5, 0.6) is 11.5 Å². The molecule has 4 nitrogen and oxygen atoms in total. The van der Waals surface area contributed by atoms with E-state index in [9.17, 15) is 4.79 Å². The van der Waals surface area contributed by atoms with Crippen molar-refractivity contribution in [2.75, 3.05) is 0 Å². The van der Waals surface area contributed by atoms with Crippen molar-refractivity contribution >= 4 is 17.5 Å². The summed E-state index contributed by atoms with van der Waals surface area (Å²) in [6.45, 7) is 6.19. The first-order valence-electron chi connectivity index (χ1n) is 10.0. The zero-order valence-electron chi connectivity index (χ0n) is 16.7. The van der Waals surface area contributed by atoms with Gasteiger partial charge in [-0.1, -0.05) is 62.7 Å². The van der Waals surface area contributed by atoms with Crippen LogP contribution in [0.15, 0.2) is 48.5 Å². The Morgan fingerprint density at radius 2 is 1.86 bits per heavy atom. The number of para-hydroxylation sites is 2. The third-order valence-corrected chi connectivity index (χ3v) is 5.88. The van der Waals surface area contributed by atoms with Crippen molar-refractivity contribution in [1.29, 1.82) is 0 Å². The molecule has 150 valence electrons. The Hall–Kier alpha value is -2.20. The van der Waals surface area contributed by atoms with Gasteiger partial charge in [-0.05, 0) is 37.5 Å². The Labute approximate surface area is 172 Å². The molecule has 1 heterocycles. The van der Waals surface area contributed by atoms with Gasteiger partial charge in [0.1, 0.15) is 17.1 Å². The van der Waals surface area contributed by atoms with Crippen LogP contribution in [0.4, 0.5) is 0 Å². The second-order valence-electron chi connectivity index (χ2n) is 7.24. The minimum absolute atomic E-state index is 0.110. The molecule has 28 heavy (non-hydrogen) atoms. The van der Waals surface area contributed by atoms with Gasteiger partial charge in [-0.15, -0.1) is 0 Å². The van der Waals surface area contributed by atoms with E-state index in [4.69, 9.17) is 21.1 Å². The second kappa shape index (κ2) is 8.87. The maximum absolute atomic E-state index is 13.0. The van der Waals surface area contributed by atoms with Gasteiger partial charge in [0.2, 0.25) is 0 Å². The fourth-order valence-corrected chi connectivity index (χ4v) is 3.89. The standard InChI is InChI=1S/C23H28ClNO3/c1-4-19(27-21-14-10-8-12-17(21)24)22(26)25-18-15-23(5-2,6-3)28-20-13-9-7-11-16(18)20/h7-14,18-19H,4-6,15H2,1-3H3,(H,25,26)/t18-,19-/m1/s1. The number of hydrogen-bond acceptors (Lipinski definition) is 3. The van der Waals surface area contributed by atoms with Crippen molar-refractivity contribution < 1.29 is 14.3 Å². The second-order valence-corrected chi connectivity index (χ2v) is 7.65. The minimum atomic E-state index is -0.604. The van der Waals surface area contributed by atoms with E-state index in [0.717, 1.165) is 30.6 Å². The lowest BCUT2D eigenvalue weighted by Crippen LogP contribution is -2.47. The summed E-state index contributed by atoms with van der Waals surface area (Å²) >= 11 is 6.19. The van der Waals surface area contributed by atoms with Crippen LogP contribution in [0.3, 0.4) is 0 Å². The summed E-state index contributed by atoms with van der Waals surface area (Å²) in [5.41, 5.74) is 0.749. The SMILES string of the molecule is CC[C@@H](Oc1ccccc1Cl)C(=O)N[C@@H]1CC(CC)(CC)Oc2ccccc21. The number of amides is 1. The van der Waals surface area contributed by atoms with Crippen LogP contribution in [-0.4, -0.2) is 17.6 Å². The smallest absolute Gasteiger partial charge is 0.261 e. The molecule has 0 bridgehead atoms. The molecule has 0 fully saturated rings. The number of carbonyl (C=O) groups excluding carboxylic acids is 1. The molecule has 2 aromatic rings. The van der Waals surface area contributed by atoms with E-state index in [-0.39, 0.29) is 17.6 Å². The largest absolute Gasteiger partial charge is 0.487 e. The lowest BCUT2D eigenvalue weighted by molar-refractivity contribution is -0.129. The highest BCUT2D eigenvalue weighted by atomic mass is 35.5. The van der Waals surface area contributed by atoms with Gasteiger partial charge in [-0.3, -0.25) is 4.79 Å². The van der Waals surface area contributed by atoms with Crippen molar-refractivity contribution in [1.82, 2.24) is 5.32 Å². The monoisotopic (exact) mass is 401 g/mol. The van der Waals surface area contributed by atoms with E-state index in [2.05, 4.69) is 19.2 Å². The normalized spacial score (nSPS) is 18.5. The fraction of sp³-hybridized carbons (Fsp3) is 0.435. The van der Waals surface area contributed by atoms with Crippen molar-refractivity contribution in [3.63, 3.8) is 0 Å². The van der Waals surface area contributed by atoms with Gasteiger partial charge < -0.3 is 14.8 Å². The van der Waals surface area contributed by atoms with Crippen LogP contribution >= 0.6 is 11.6 Å². The van der Waals surface area contributed by atoms with Crippen LogP contribution in [0, 0.1) is 0 Å². The number of hydrogen-bond donors (Lipinski definition) is 1. The van der Waals surface area contributed by atoms with Gasteiger partial charge >= 0.3 is 0 Å². The van der Waals surface area contributed by atoms with Crippen molar-refractivity contribution in [2.45, 2.75) is 64.2 Å². The summed E-state index contributed by atoms with van der Waals surface area (Å²) in [4.78, 5) is 13.0. The average molecular weight is 402 g/mol. The molecule has 0 saturated carbocycles. The van der Waals surface area contributed by atoms with Gasteiger partial charge in [0.25, 0.3) is 5.91 Å². The molecule has 2 atom stereocenters. The maximum atomic E-state index is 13.0. The third kappa shape index (κ3) is 4.27. The molecule has 1 aliphatic heterocycles. The molecular weight excluding hydrogens is 374 g/mol. The number of benzene rings is 2. The zero-order valence-corrected chi connectivity index (χ0v) is 17.5. The average Bonchev–Trinajstić information content (AvgIpc) is 2.72. The molecule has 3 rings (SSSR count). The molecule has 0 radical (unpaired) electrons.